The van der Waals surface area contributed by atoms with Gasteiger partial charge in [0.25, 0.3) is 0 Å². The van der Waals surface area contributed by atoms with Crippen molar-refractivity contribution in [1.29, 1.82) is 10.7 Å². The van der Waals surface area contributed by atoms with Crippen molar-refractivity contribution in [3.05, 3.63) is 23.2 Å². The molecule has 4 N–H and O–H groups in total. The second-order valence-electron chi connectivity index (χ2n) is 5.14. The molecule has 2 rings (SSSR count). The summed E-state index contributed by atoms with van der Waals surface area (Å²) >= 11 is 6.18. The van der Waals surface area contributed by atoms with Crippen LogP contribution < -0.4 is 15.9 Å². The van der Waals surface area contributed by atoms with E-state index < -0.39 is 5.84 Å². The second kappa shape index (κ2) is 8.36. The fourth-order valence-electron chi connectivity index (χ4n) is 2.24. The maximum atomic E-state index is 8.77. The first-order chi connectivity index (χ1) is 11.1. The van der Waals surface area contributed by atoms with Gasteiger partial charge in [-0.3, -0.25) is 15.7 Å². The highest BCUT2D eigenvalue weighted by Crippen LogP contribution is 2.27. The number of anilines is 1. The normalized spacial score (nSPS) is 15.2. The van der Waals surface area contributed by atoms with Crippen LogP contribution in [0.1, 0.15) is 12.8 Å². The smallest absolute Gasteiger partial charge is 0.201 e. The van der Waals surface area contributed by atoms with E-state index in [4.69, 9.17) is 32.7 Å². The van der Waals surface area contributed by atoms with E-state index in [0.717, 1.165) is 19.6 Å². The molecule has 1 aromatic carbocycles. The van der Waals surface area contributed by atoms with Gasteiger partial charge in [-0.1, -0.05) is 11.6 Å². The van der Waals surface area contributed by atoms with Crippen molar-refractivity contribution in [1.82, 2.24) is 4.90 Å². The first-order valence-corrected chi connectivity index (χ1v) is 7.71. The van der Waals surface area contributed by atoms with Crippen LogP contribution in [0.2, 0.25) is 5.02 Å². The van der Waals surface area contributed by atoms with E-state index >= 15 is 0 Å². The molecular weight excluding hydrogens is 316 g/mol. The van der Waals surface area contributed by atoms with Gasteiger partial charge < -0.3 is 10.5 Å². The average Bonchev–Trinajstić information content (AvgIpc) is 3.03. The van der Waals surface area contributed by atoms with Gasteiger partial charge in [0.15, 0.2) is 5.84 Å². The third-order valence-electron chi connectivity index (χ3n) is 3.45. The zero-order valence-electron chi connectivity index (χ0n) is 12.7. The molecular formula is C15H19ClN6O. The number of likely N-dealkylation sites (tertiary alicyclic amines) is 1. The monoisotopic (exact) mass is 334 g/mol. The minimum atomic E-state index is -0.395. The molecule has 23 heavy (non-hydrogen) atoms. The summed E-state index contributed by atoms with van der Waals surface area (Å²) in [4.78, 5) is 2.36. The maximum Gasteiger partial charge on any atom is 0.201 e. The molecule has 0 spiro atoms. The predicted octanol–water partition coefficient (Wildman–Crippen LogP) is 2.04. The van der Waals surface area contributed by atoms with Crippen LogP contribution in [0, 0.1) is 16.7 Å². The van der Waals surface area contributed by atoms with E-state index in [1.807, 2.05) is 0 Å². The number of nitrogens with two attached hydrogens (primary N) is 1. The molecule has 1 saturated heterocycles. The Balaban J connectivity index is 1.89. The average molecular weight is 335 g/mol. The van der Waals surface area contributed by atoms with Gasteiger partial charge in [-0.15, -0.1) is 0 Å². The molecule has 0 aliphatic carbocycles. The summed E-state index contributed by atoms with van der Waals surface area (Å²) in [5.74, 6) is 0.209. The second-order valence-corrected chi connectivity index (χ2v) is 5.55. The third kappa shape index (κ3) is 5.13. The molecule has 0 unspecified atom stereocenters. The Kier molecular flexibility index (Phi) is 6.20. The van der Waals surface area contributed by atoms with Crippen LogP contribution in [-0.2, 0) is 0 Å². The van der Waals surface area contributed by atoms with Crippen LogP contribution in [0.3, 0.4) is 0 Å². The van der Waals surface area contributed by atoms with Gasteiger partial charge in [0.05, 0.1) is 10.7 Å². The largest absolute Gasteiger partial charge is 0.491 e. The molecule has 0 bridgehead atoms. The van der Waals surface area contributed by atoms with Crippen molar-refractivity contribution in [2.45, 2.75) is 12.8 Å². The van der Waals surface area contributed by atoms with E-state index in [1.54, 1.807) is 24.3 Å². The van der Waals surface area contributed by atoms with E-state index in [2.05, 4.69) is 15.4 Å². The van der Waals surface area contributed by atoms with Gasteiger partial charge >= 0.3 is 0 Å². The zero-order valence-corrected chi connectivity index (χ0v) is 13.4. The molecule has 1 aromatic rings. The Morgan fingerprint density at radius 2 is 2.22 bits per heavy atom. The molecule has 122 valence electrons. The Hall–Kier alpha value is -2.30. The molecule has 0 amide bonds. The molecule has 1 heterocycles. The Morgan fingerprint density at radius 3 is 2.83 bits per heavy atom. The van der Waals surface area contributed by atoms with Crippen LogP contribution in [0.5, 0.6) is 5.75 Å². The zero-order chi connectivity index (χ0) is 16.7. The molecule has 0 radical (unpaired) electrons. The van der Waals surface area contributed by atoms with Crippen molar-refractivity contribution >= 4 is 28.8 Å². The molecule has 0 saturated carbocycles. The van der Waals surface area contributed by atoms with E-state index in [-0.39, 0.29) is 5.71 Å². The lowest BCUT2D eigenvalue weighted by atomic mass is 10.3. The van der Waals surface area contributed by atoms with E-state index in [9.17, 15) is 0 Å². The number of ether oxygens (including phenoxy) is 1. The molecule has 8 heteroatoms. The molecule has 0 aromatic heterocycles. The minimum Gasteiger partial charge on any atom is -0.491 e. The van der Waals surface area contributed by atoms with Gasteiger partial charge in [-0.25, -0.2) is 0 Å². The van der Waals surface area contributed by atoms with Crippen LogP contribution in [0.25, 0.3) is 0 Å². The van der Waals surface area contributed by atoms with Crippen LogP contribution in [-0.4, -0.2) is 42.7 Å². The maximum absolute atomic E-state index is 8.77. The summed E-state index contributed by atoms with van der Waals surface area (Å²) in [5.41, 5.74) is 8.25. The van der Waals surface area contributed by atoms with Crippen molar-refractivity contribution < 1.29 is 4.74 Å². The van der Waals surface area contributed by atoms with Gasteiger partial charge in [0.1, 0.15) is 18.4 Å². The SMILES string of the molecule is N#C/C(=N\Nc1ccc(OCCN2CCCC2)c(Cl)c1)C(=N)N. The molecule has 1 aliphatic heterocycles. The third-order valence-corrected chi connectivity index (χ3v) is 3.75. The summed E-state index contributed by atoms with van der Waals surface area (Å²) in [6.07, 6.45) is 2.51. The molecule has 7 nitrogen and oxygen atoms in total. The summed E-state index contributed by atoms with van der Waals surface area (Å²) in [5, 5.41) is 20.1. The number of amidine groups is 1. The van der Waals surface area contributed by atoms with Crippen LogP contribution in [0.15, 0.2) is 23.3 Å². The van der Waals surface area contributed by atoms with Gasteiger partial charge in [-0.2, -0.15) is 10.4 Å². The van der Waals surface area contributed by atoms with E-state index in [1.165, 1.54) is 12.8 Å². The van der Waals surface area contributed by atoms with Gasteiger partial charge in [-0.05, 0) is 44.1 Å². The lowest BCUT2D eigenvalue weighted by molar-refractivity contribution is 0.238. The van der Waals surface area contributed by atoms with Gasteiger partial charge in [0, 0.05) is 6.54 Å². The number of rotatable bonds is 7. The van der Waals surface area contributed by atoms with Crippen molar-refractivity contribution in [3.63, 3.8) is 0 Å². The summed E-state index contributed by atoms with van der Waals surface area (Å²) in [7, 11) is 0. The first kappa shape index (κ1) is 17.1. The highest BCUT2D eigenvalue weighted by Gasteiger charge is 2.11. The van der Waals surface area contributed by atoms with E-state index in [0.29, 0.717) is 23.1 Å². The highest BCUT2D eigenvalue weighted by atomic mass is 35.5. The number of halogens is 1. The molecule has 1 aliphatic rings. The van der Waals surface area contributed by atoms with Crippen LogP contribution >= 0.6 is 11.6 Å². The topological polar surface area (TPSA) is 111 Å². The lowest BCUT2D eigenvalue weighted by Crippen LogP contribution is -2.25. The van der Waals surface area contributed by atoms with Crippen LogP contribution in [0.4, 0.5) is 5.69 Å². The van der Waals surface area contributed by atoms with Crippen molar-refractivity contribution in [2.24, 2.45) is 10.8 Å². The predicted molar refractivity (Wildman–Crippen MR) is 91.2 cm³/mol. The Bertz CT molecular complexity index is 633. The molecule has 1 fully saturated rings. The number of hydrogen-bond donors (Lipinski definition) is 3. The van der Waals surface area contributed by atoms with Gasteiger partial charge in [0.2, 0.25) is 5.71 Å². The number of nitrogens with one attached hydrogen (secondary N) is 2. The first-order valence-electron chi connectivity index (χ1n) is 7.33. The fraction of sp³-hybridized carbons (Fsp3) is 0.400. The number of benzene rings is 1. The minimum absolute atomic E-state index is 0.188. The number of hydrazone groups is 1. The van der Waals surface area contributed by atoms with Crippen molar-refractivity contribution in [2.75, 3.05) is 31.7 Å². The summed E-state index contributed by atoms with van der Waals surface area (Å²) in [6.45, 7) is 3.75. The number of nitriles is 1. The van der Waals surface area contributed by atoms with Crippen molar-refractivity contribution in [3.8, 4) is 11.8 Å². The molecule has 0 atom stereocenters. The summed E-state index contributed by atoms with van der Waals surface area (Å²) in [6, 6.07) is 6.84. The standard InChI is InChI=1S/C15H19ClN6O/c16-12-9-11(20-21-13(10-17)15(18)19)3-4-14(12)23-8-7-22-5-1-2-6-22/h3-4,9,20H,1-2,5-8H2,(H3,18,19)/b21-13+. The number of nitrogens with zero attached hydrogens (tertiary/aromatic N) is 3. The highest BCUT2D eigenvalue weighted by molar-refractivity contribution is 6.45. The fourth-order valence-corrected chi connectivity index (χ4v) is 2.48. The Morgan fingerprint density at radius 1 is 1.48 bits per heavy atom. The lowest BCUT2D eigenvalue weighted by Gasteiger charge is -2.15. The quantitative estimate of drug-likeness (QED) is 0.401. The summed E-state index contributed by atoms with van der Waals surface area (Å²) < 4.78 is 5.70. The Labute approximate surface area is 140 Å². The number of hydrogen-bond acceptors (Lipinski definition) is 6.